The molecule has 4 aromatic rings. The number of nitrogens with zero attached hydrogens (tertiary/aromatic N) is 7. The van der Waals surface area contributed by atoms with Crippen LogP contribution in [0.5, 0.6) is 0 Å². The van der Waals surface area contributed by atoms with Gasteiger partial charge in [0.05, 0.1) is 11.9 Å². The van der Waals surface area contributed by atoms with Gasteiger partial charge in [-0.3, -0.25) is 4.68 Å². The molecule has 0 radical (unpaired) electrons. The lowest BCUT2D eigenvalue weighted by molar-refractivity contribution is 0.350. The first-order valence-electron chi connectivity index (χ1n) is 10.7. The average molecular weight is 434 g/mol. The minimum atomic E-state index is 0.525. The van der Waals surface area contributed by atoms with Crippen LogP contribution in [0, 0.1) is 5.92 Å². The summed E-state index contributed by atoms with van der Waals surface area (Å²) in [5, 5.41) is 7.72. The summed E-state index contributed by atoms with van der Waals surface area (Å²) in [5.41, 5.74) is 2.44. The summed E-state index contributed by atoms with van der Waals surface area (Å²) in [6.45, 7) is 3.62. The fraction of sp³-hybridized carbons (Fsp3) is 0.391. The fourth-order valence-electron chi connectivity index (χ4n) is 4.38. The molecule has 1 fully saturated rings. The summed E-state index contributed by atoms with van der Waals surface area (Å²) in [6, 6.07) is 10.6. The molecule has 31 heavy (non-hydrogen) atoms. The lowest BCUT2D eigenvalue weighted by atomic mass is 9.97. The molecule has 0 N–H and O–H groups in total. The Labute approximate surface area is 186 Å². The van der Waals surface area contributed by atoms with Crippen molar-refractivity contribution in [2.75, 3.05) is 32.1 Å². The first-order valence-corrected chi connectivity index (χ1v) is 11.6. The number of hydrogen-bond donors (Lipinski definition) is 0. The van der Waals surface area contributed by atoms with E-state index in [1.165, 1.54) is 22.9 Å². The number of thiophene rings is 1. The van der Waals surface area contributed by atoms with E-state index in [9.17, 15) is 0 Å². The van der Waals surface area contributed by atoms with Gasteiger partial charge in [-0.05, 0) is 38.4 Å². The number of anilines is 1. The molecule has 160 valence electrons. The van der Waals surface area contributed by atoms with E-state index >= 15 is 0 Å². The van der Waals surface area contributed by atoms with E-state index in [2.05, 4.69) is 69.7 Å². The maximum Gasteiger partial charge on any atom is 0.146 e. The van der Waals surface area contributed by atoms with E-state index in [1.807, 2.05) is 11.0 Å². The van der Waals surface area contributed by atoms with Crippen LogP contribution in [0.15, 0.2) is 48.4 Å². The molecule has 1 unspecified atom stereocenters. The largest absolute Gasteiger partial charge is 0.356 e. The lowest BCUT2D eigenvalue weighted by Gasteiger charge is -2.34. The molecule has 3 aromatic heterocycles. The third kappa shape index (κ3) is 4.31. The zero-order valence-corrected chi connectivity index (χ0v) is 18.8. The summed E-state index contributed by atoms with van der Waals surface area (Å²) < 4.78 is 1.95. The van der Waals surface area contributed by atoms with Gasteiger partial charge in [-0.25, -0.2) is 15.0 Å². The Kier molecular flexibility index (Phi) is 5.65. The summed E-state index contributed by atoms with van der Waals surface area (Å²) >= 11 is 1.71. The third-order valence-electron chi connectivity index (χ3n) is 5.73. The first-order chi connectivity index (χ1) is 15.2. The van der Waals surface area contributed by atoms with Crippen molar-refractivity contribution in [1.82, 2.24) is 29.6 Å². The van der Waals surface area contributed by atoms with Crippen LogP contribution >= 0.6 is 11.3 Å². The smallest absolute Gasteiger partial charge is 0.146 e. The van der Waals surface area contributed by atoms with Gasteiger partial charge in [-0.15, -0.1) is 11.3 Å². The van der Waals surface area contributed by atoms with Crippen LogP contribution in [0.4, 0.5) is 5.82 Å². The van der Waals surface area contributed by atoms with Crippen LogP contribution < -0.4 is 4.90 Å². The molecule has 5 rings (SSSR count). The predicted molar refractivity (Wildman–Crippen MR) is 125 cm³/mol. The average Bonchev–Trinajstić information content (AvgIpc) is 3.43. The maximum absolute atomic E-state index is 5.10. The molecule has 7 nitrogen and oxygen atoms in total. The van der Waals surface area contributed by atoms with E-state index in [4.69, 9.17) is 9.97 Å². The van der Waals surface area contributed by atoms with Gasteiger partial charge in [0.15, 0.2) is 0 Å². The van der Waals surface area contributed by atoms with Crippen molar-refractivity contribution >= 4 is 27.4 Å². The van der Waals surface area contributed by atoms with Gasteiger partial charge in [0.2, 0.25) is 0 Å². The minimum absolute atomic E-state index is 0.525. The van der Waals surface area contributed by atoms with Crippen LogP contribution in [0.25, 0.3) is 21.3 Å². The van der Waals surface area contributed by atoms with Crippen molar-refractivity contribution in [1.29, 1.82) is 0 Å². The Balaban J connectivity index is 1.55. The van der Waals surface area contributed by atoms with E-state index in [0.29, 0.717) is 5.92 Å². The summed E-state index contributed by atoms with van der Waals surface area (Å²) in [5.74, 6) is 2.48. The normalized spacial score (nSPS) is 17.0. The highest BCUT2D eigenvalue weighted by molar-refractivity contribution is 7.17. The number of rotatable bonds is 6. The highest BCUT2D eigenvalue weighted by Crippen LogP contribution is 2.39. The van der Waals surface area contributed by atoms with Gasteiger partial charge in [0.1, 0.15) is 29.1 Å². The Hall–Kier alpha value is -2.84. The minimum Gasteiger partial charge on any atom is -0.356 e. The van der Waals surface area contributed by atoms with Crippen LogP contribution in [0.2, 0.25) is 0 Å². The number of benzene rings is 1. The molecule has 1 aliphatic rings. The van der Waals surface area contributed by atoms with Crippen LogP contribution in [0.3, 0.4) is 0 Å². The molecule has 0 saturated carbocycles. The Morgan fingerprint density at radius 3 is 2.81 bits per heavy atom. The molecule has 1 aliphatic heterocycles. The van der Waals surface area contributed by atoms with Crippen molar-refractivity contribution in [2.45, 2.75) is 25.9 Å². The van der Waals surface area contributed by atoms with Crippen LogP contribution in [-0.2, 0) is 13.1 Å². The van der Waals surface area contributed by atoms with Gasteiger partial charge in [0.25, 0.3) is 0 Å². The van der Waals surface area contributed by atoms with E-state index < -0.39 is 0 Å². The van der Waals surface area contributed by atoms with Crippen molar-refractivity contribution in [3.05, 3.63) is 54.2 Å². The van der Waals surface area contributed by atoms with Crippen molar-refractivity contribution in [2.24, 2.45) is 5.92 Å². The summed E-state index contributed by atoms with van der Waals surface area (Å²) in [4.78, 5) is 19.8. The molecule has 0 amide bonds. The summed E-state index contributed by atoms with van der Waals surface area (Å²) in [7, 11) is 4.12. The molecule has 0 aliphatic carbocycles. The lowest BCUT2D eigenvalue weighted by Crippen LogP contribution is -2.38. The fourth-order valence-corrected chi connectivity index (χ4v) is 5.34. The van der Waals surface area contributed by atoms with Gasteiger partial charge in [-0.1, -0.05) is 30.3 Å². The zero-order valence-electron chi connectivity index (χ0n) is 18.0. The highest BCUT2D eigenvalue weighted by Gasteiger charge is 2.26. The highest BCUT2D eigenvalue weighted by atomic mass is 32.1. The van der Waals surface area contributed by atoms with Gasteiger partial charge >= 0.3 is 0 Å². The van der Waals surface area contributed by atoms with Gasteiger partial charge in [-0.2, -0.15) is 5.10 Å². The summed E-state index contributed by atoms with van der Waals surface area (Å²) in [6.07, 6.45) is 5.77. The van der Waals surface area contributed by atoms with Gasteiger partial charge in [0, 0.05) is 30.6 Å². The number of aromatic nitrogens is 5. The van der Waals surface area contributed by atoms with Gasteiger partial charge < -0.3 is 9.80 Å². The Morgan fingerprint density at radius 1 is 1.16 bits per heavy atom. The molecule has 0 spiro atoms. The number of fused-ring (bicyclic) bond motifs is 1. The zero-order chi connectivity index (χ0) is 21.2. The monoisotopic (exact) mass is 433 g/mol. The predicted octanol–water partition coefficient (Wildman–Crippen LogP) is 3.93. The van der Waals surface area contributed by atoms with Crippen molar-refractivity contribution < 1.29 is 0 Å². The van der Waals surface area contributed by atoms with Crippen molar-refractivity contribution in [3.63, 3.8) is 0 Å². The molecule has 1 saturated heterocycles. The SMILES string of the molecule is CN(C)Cc1nc(N2CCCC(Cn3cncn3)C2)c2c(-c3ccccc3)csc2n1. The first kappa shape index (κ1) is 20.1. The molecular formula is C23H27N7S. The van der Waals surface area contributed by atoms with Crippen LogP contribution in [-0.4, -0.2) is 56.8 Å². The molecule has 4 heterocycles. The molecule has 1 atom stereocenters. The molecule has 0 bridgehead atoms. The standard InChI is InChI=1S/C23H27N7S/c1-28(2)13-20-26-22(29-10-6-7-17(11-29)12-30-16-24-15-25-30)21-19(14-31-23(21)27-20)18-8-4-3-5-9-18/h3-5,8-9,14-17H,6-7,10-13H2,1-2H3. The topological polar surface area (TPSA) is 63.0 Å². The van der Waals surface area contributed by atoms with Crippen LogP contribution in [0.1, 0.15) is 18.7 Å². The third-order valence-corrected chi connectivity index (χ3v) is 6.61. The Morgan fingerprint density at radius 2 is 2.03 bits per heavy atom. The number of hydrogen-bond acceptors (Lipinski definition) is 7. The van der Waals surface area contributed by atoms with Crippen molar-refractivity contribution in [3.8, 4) is 11.1 Å². The van der Waals surface area contributed by atoms with E-state index in [0.717, 1.165) is 49.1 Å². The van der Waals surface area contributed by atoms with E-state index in [1.54, 1.807) is 17.7 Å². The van der Waals surface area contributed by atoms with E-state index in [-0.39, 0.29) is 0 Å². The Bertz CT molecular complexity index is 1140. The second-order valence-corrected chi connectivity index (χ2v) is 9.33. The quantitative estimate of drug-likeness (QED) is 0.459. The molecular weight excluding hydrogens is 406 g/mol. The maximum atomic E-state index is 5.10. The molecule has 8 heteroatoms. The second-order valence-electron chi connectivity index (χ2n) is 8.47. The molecule has 1 aromatic carbocycles. The number of piperidine rings is 1. The second kappa shape index (κ2) is 8.72.